The number of benzene rings is 1. The van der Waals surface area contributed by atoms with Crippen LogP contribution in [0.2, 0.25) is 0 Å². The summed E-state index contributed by atoms with van der Waals surface area (Å²) < 4.78 is 5.72. The smallest absolute Gasteiger partial charge is 0.336 e. The minimum absolute atomic E-state index is 0.322. The van der Waals surface area contributed by atoms with Crippen LogP contribution in [0.5, 0.6) is 5.75 Å². The Balaban J connectivity index is 3.09. The summed E-state index contributed by atoms with van der Waals surface area (Å²) in [6.07, 6.45) is 2.04. The Morgan fingerprint density at radius 3 is 2.56 bits per heavy atom. The molecule has 1 aromatic carbocycles. The van der Waals surface area contributed by atoms with Gasteiger partial charge in [0.15, 0.2) is 0 Å². The van der Waals surface area contributed by atoms with Crippen molar-refractivity contribution in [3.8, 4) is 5.75 Å². The predicted molar refractivity (Wildman–Crippen MR) is 72.6 cm³/mol. The molecule has 1 aromatic rings. The number of ether oxygens (including phenoxy) is 1. The van der Waals surface area contributed by atoms with Crippen LogP contribution < -0.4 is 4.74 Å². The monoisotopic (exact) mass is 250 g/mol. The molecular weight excluding hydrogens is 228 g/mol. The number of aryl methyl sites for hydroxylation is 1. The van der Waals surface area contributed by atoms with E-state index in [1.807, 2.05) is 13.0 Å². The third-order valence-electron chi connectivity index (χ3n) is 2.96. The molecule has 0 aromatic heterocycles. The lowest BCUT2D eigenvalue weighted by molar-refractivity contribution is 0.0695. The molecule has 1 N–H and O–H groups in total. The van der Waals surface area contributed by atoms with E-state index in [2.05, 4.69) is 20.8 Å². The normalized spacial score (nSPS) is 10.7. The summed E-state index contributed by atoms with van der Waals surface area (Å²) in [6, 6.07) is 3.58. The molecule has 100 valence electrons. The van der Waals surface area contributed by atoms with Crippen molar-refractivity contribution >= 4 is 5.97 Å². The van der Waals surface area contributed by atoms with Crippen LogP contribution in [0.3, 0.4) is 0 Å². The van der Waals surface area contributed by atoms with Crippen LogP contribution in [-0.4, -0.2) is 17.7 Å². The number of carbonyl (C=O) groups is 1. The summed E-state index contributed by atoms with van der Waals surface area (Å²) in [4.78, 5) is 11.1. The van der Waals surface area contributed by atoms with E-state index in [0.717, 1.165) is 24.0 Å². The van der Waals surface area contributed by atoms with Crippen molar-refractivity contribution in [1.29, 1.82) is 0 Å². The highest BCUT2D eigenvalue weighted by atomic mass is 16.5. The van der Waals surface area contributed by atoms with Crippen LogP contribution >= 0.6 is 0 Å². The van der Waals surface area contributed by atoms with Crippen molar-refractivity contribution in [3.63, 3.8) is 0 Å². The highest BCUT2D eigenvalue weighted by Crippen LogP contribution is 2.30. The number of hydrogen-bond acceptors (Lipinski definition) is 2. The lowest BCUT2D eigenvalue weighted by Crippen LogP contribution is -2.06. The molecule has 1 rings (SSSR count). The first-order chi connectivity index (χ1) is 8.47. The lowest BCUT2D eigenvalue weighted by Gasteiger charge is -2.16. The fourth-order valence-electron chi connectivity index (χ4n) is 1.84. The van der Waals surface area contributed by atoms with E-state index >= 15 is 0 Å². The maximum absolute atomic E-state index is 11.1. The number of carboxylic acids is 1. The van der Waals surface area contributed by atoms with Crippen LogP contribution in [0.4, 0.5) is 0 Å². The lowest BCUT2D eigenvalue weighted by atomic mass is 9.96. The number of unbranched alkanes of at least 4 members (excludes halogenated alkanes) is 1. The van der Waals surface area contributed by atoms with Gasteiger partial charge >= 0.3 is 5.97 Å². The highest BCUT2D eigenvalue weighted by Gasteiger charge is 2.15. The minimum Gasteiger partial charge on any atom is -0.493 e. The van der Waals surface area contributed by atoms with E-state index in [-0.39, 0.29) is 0 Å². The van der Waals surface area contributed by atoms with E-state index in [4.69, 9.17) is 9.84 Å². The van der Waals surface area contributed by atoms with Crippen molar-refractivity contribution in [3.05, 3.63) is 28.8 Å². The first kappa shape index (κ1) is 14.6. The van der Waals surface area contributed by atoms with Gasteiger partial charge in [0, 0.05) is 0 Å². The molecule has 0 aliphatic heterocycles. The molecule has 18 heavy (non-hydrogen) atoms. The maximum Gasteiger partial charge on any atom is 0.336 e. The molecule has 0 radical (unpaired) electrons. The van der Waals surface area contributed by atoms with Gasteiger partial charge in [-0.15, -0.1) is 0 Å². The van der Waals surface area contributed by atoms with Crippen LogP contribution in [0.25, 0.3) is 0 Å². The Kier molecular flexibility index (Phi) is 5.20. The van der Waals surface area contributed by atoms with Crippen LogP contribution in [0.15, 0.2) is 12.1 Å². The fourth-order valence-corrected chi connectivity index (χ4v) is 1.84. The molecule has 0 saturated heterocycles. The second-order valence-electron chi connectivity index (χ2n) is 4.87. The molecule has 0 saturated carbocycles. The van der Waals surface area contributed by atoms with E-state index in [9.17, 15) is 4.79 Å². The summed E-state index contributed by atoms with van der Waals surface area (Å²) in [6.45, 7) is 8.73. The highest BCUT2D eigenvalue weighted by molar-refractivity contribution is 5.90. The van der Waals surface area contributed by atoms with E-state index in [0.29, 0.717) is 23.8 Å². The summed E-state index contributed by atoms with van der Waals surface area (Å²) in [5, 5.41) is 9.14. The molecular formula is C15H22O3. The summed E-state index contributed by atoms with van der Waals surface area (Å²) >= 11 is 0. The molecule has 3 heteroatoms. The summed E-state index contributed by atoms with van der Waals surface area (Å²) in [5.41, 5.74) is 2.19. The van der Waals surface area contributed by atoms with Gasteiger partial charge in [-0.25, -0.2) is 4.79 Å². The Morgan fingerprint density at radius 2 is 2.06 bits per heavy atom. The zero-order valence-corrected chi connectivity index (χ0v) is 11.6. The molecule has 0 amide bonds. The van der Waals surface area contributed by atoms with Crippen LogP contribution in [0, 0.1) is 6.92 Å². The van der Waals surface area contributed by atoms with Gasteiger partial charge in [0.2, 0.25) is 0 Å². The average molecular weight is 250 g/mol. The Hall–Kier alpha value is -1.51. The molecule has 0 aliphatic carbocycles. The molecule has 0 aliphatic rings. The minimum atomic E-state index is -0.900. The van der Waals surface area contributed by atoms with Crippen LogP contribution in [0.1, 0.15) is 61.0 Å². The maximum atomic E-state index is 11.1. The number of aromatic carboxylic acids is 1. The van der Waals surface area contributed by atoms with E-state index in [1.165, 1.54) is 0 Å². The van der Waals surface area contributed by atoms with Crippen molar-refractivity contribution in [1.82, 2.24) is 0 Å². The third-order valence-corrected chi connectivity index (χ3v) is 2.96. The van der Waals surface area contributed by atoms with E-state index in [1.54, 1.807) is 6.07 Å². The summed E-state index contributed by atoms with van der Waals surface area (Å²) in [5.74, 6) is 0.132. The first-order valence-electron chi connectivity index (χ1n) is 6.48. The zero-order valence-electron chi connectivity index (χ0n) is 11.6. The fraction of sp³-hybridized carbons (Fsp3) is 0.533. The second kappa shape index (κ2) is 6.43. The molecule has 0 atom stereocenters. The Bertz CT molecular complexity index is 422. The van der Waals surface area contributed by atoms with Gasteiger partial charge in [-0.1, -0.05) is 33.3 Å². The molecule has 3 nitrogen and oxygen atoms in total. The van der Waals surface area contributed by atoms with Gasteiger partial charge in [-0.05, 0) is 36.5 Å². The standard InChI is InChI=1S/C15H22O3/c1-5-6-7-18-14-9-13(15(16)17)11(4)8-12(14)10(2)3/h8-10H,5-7H2,1-4H3,(H,16,17). The molecule has 0 fully saturated rings. The van der Waals surface area contributed by atoms with Gasteiger partial charge in [0.05, 0.1) is 12.2 Å². The van der Waals surface area contributed by atoms with Gasteiger partial charge in [-0.3, -0.25) is 0 Å². The first-order valence-corrected chi connectivity index (χ1v) is 6.48. The van der Waals surface area contributed by atoms with Gasteiger partial charge in [0.1, 0.15) is 5.75 Å². The second-order valence-corrected chi connectivity index (χ2v) is 4.87. The number of hydrogen-bond donors (Lipinski definition) is 1. The number of carboxylic acid groups (broad SMARTS) is 1. The van der Waals surface area contributed by atoms with Crippen LogP contribution in [-0.2, 0) is 0 Å². The van der Waals surface area contributed by atoms with Gasteiger partial charge in [0.25, 0.3) is 0 Å². The molecule has 0 heterocycles. The average Bonchev–Trinajstić information content (AvgIpc) is 2.30. The number of rotatable bonds is 6. The van der Waals surface area contributed by atoms with Crippen molar-refractivity contribution in [2.45, 2.75) is 46.5 Å². The third kappa shape index (κ3) is 3.49. The largest absolute Gasteiger partial charge is 0.493 e. The molecule has 0 bridgehead atoms. The van der Waals surface area contributed by atoms with Crippen molar-refractivity contribution in [2.75, 3.05) is 6.61 Å². The summed E-state index contributed by atoms with van der Waals surface area (Å²) in [7, 11) is 0. The van der Waals surface area contributed by atoms with E-state index < -0.39 is 5.97 Å². The van der Waals surface area contributed by atoms with Gasteiger partial charge < -0.3 is 9.84 Å². The zero-order chi connectivity index (χ0) is 13.7. The Morgan fingerprint density at radius 1 is 1.39 bits per heavy atom. The molecule has 0 unspecified atom stereocenters. The SMILES string of the molecule is CCCCOc1cc(C(=O)O)c(C)cc1C(C)C. The Labute approximate surface area is 109 Å². The van der Waals surface area contributed by atoms with Crippen molar-refractivity contribution in [2.24, 2.45) is 0 Å². The molecule has 0 spiro atoms. The quantitative estimate of drug-likeness (QED) is 0.776. The van der Waals surface area contributed by atoms with Crippen molar-refractivity contribution < 1.29 is 14.6 Å². The topological polar surface area (TPSA) is 46.5 Å². The predicted octanol–water partition coefficient (Wildman–Crippen LogP) is 4.00. The van der Waals surface area contributed by atoms with Gasteiger partial charge in [-0.2, -0.15) is 0 Å².